The van der Waals surface area contributed by atoms with Gasteiger partial charge in [-0.3, -0.25) is 0 Å². The van der Waals surface area contributed by atoms with Gasteiger partial charge in [-0.2, -0.15) is 17.0 Å². The van der Waals surface area contributed by atoms with Crippen LogP contribution in [0.3, 0.4) is 0 Å². The van der Waals surface area contributed by atoms with Crippen LogP contribution >= 0.6 is 0 Å². The average Bonchev–Trinajstić information content (AvgIpc) is 2.81. The summed E-state index contributed by atoms with van der Waals surface area (Å²) in [6, 6.07) is 0. The first-order valence-electron chi connectivity index (χ1n) is 7.92. The zero-order valence-corrected chi connectivity index (χ0v) is 13.5. The highest BCUT2D eigenvalue weighted by Gasteiger charge is 2.54. The van der Waals surface area contributed by atoms with Gasteiger partial charge in [-0.15, -0.1) is 0 Å². The monoisotopic (exact) mass is 301 g/mol. The Hall–Kier alpha value is -0.170. The van der Waals surface area contributed by atoms with Crippen LogP contribution in [0, 0.1) is 11.8 Å². The van der Waals surface area contributed by atoms with E-state index in [1.807, 2.05) is 0 Å². The van der Waals surface area contributed by atoms with E-state index in [0.717, 1.165) is 38.8 Å². The van der Waals surface area contributed by atoms with E-state index < -0.39 is 10.2 Å². The zero-order chi connectivity index (χ0) is 14.4. The van der Waals surface area contributed by atoms with Crippen LogP contribution in [0.15, 0.2) is 0 Å². The van der Waals surface area contributed by atoms with Crippen LogP contribution in [-0.4, -0.2) is 55.3 Å². The fourth-order valence-corrected chi connectivity index (χ4v) is 6.30. The average molecular weight is 301 g/mol. The molecule has 3 saturated heterocycles. The van der Waals surface area contributed by atoms with Crippen molar-refractivity contribution in [2.24, 2.45) is 11.8 Å². The molecule has 0 amide bonds. The third-order valence-corrected chi connectivity index (χ3v) is 7.65. The predicted molar refractivity (Wildman–Crippen MR) is 79.6 cm³/mol. The Morgan fingerprint density at radius 1 is 1.05 bits per heavy atom. The summed E-state index contributed by atoms with van der Waals surface area (Å²) in [6.07, 6.45) is 4.32. The van der Waals surface area contributed by atoms with Crippen LogP contribution in [-0.2, 0) is 10.2 Å². The molecule has 0 aromatic rings. The van der Waals surface area contributed by atoms with Crippen molar-refractivity contribution in [3.05, 3.63) is 0 Å². The van der Waals surface area contributed by atoms with Crippen molar-refractivity contribution < 1.29 is 8.42 Å². The first-order valence-corrected chi connectivity index (χ1v) is 9.32. The molecule has 20 heavy (non-hydrogen) atoms. The van der Waals surface area contributed by atoms with E-state index in [9.17, 15) is 8.42 Å². The molecule has 3 aliphatic rings. The maximum Gasteiger partial charge on any atom is 0.282 e. The molecule has 0 bridgehead atoms. The van der Waals surface area contributed by atoms with Gasteiger partial charge in [0, 0.05) is 31.7 Å². The molecular weight excluding hydrogens is 274 g/mol. The highest BCUT2D eigenvalue weighted by atomic mass is 32.2. The predicted octanol–water partition coefficient (Wildman–Crippen LogP) is 1.04. The van der Waals surface area contributed by atoms with Crippen LogP contribution < -0.4 is 5.32 Å². The Morgan fingerprint density at radius 2 is 1.70 bits per heavy atom. The van der Waals surface area contributed by atoms with E-state index in [0.29, 0.717) is 31.5 Å². The van der Waals surface area contributed by atoms with Gasteiger partial charge in [-0.25, -0.2) is 0 Å². The van der Waals surface area contributed by atoms with Crippen molar-refractivity contribution in [2.45, 2.75) is 45.1 Å². The number of fused-ring (bicyclic) bond motifs is 1. The lowest BCUT2D eigenvalue weighted by Gasteiger charge is -2.37. The summed E-state index contributed by atoms with van der Waals surface area (Å²) in [4.78, 5) is 0. The Morgan fingerprint density at radius 3 is 2.30 bits per heavy atom. The number of hydrogen-bond donors (Lipinski definition) is 1. The number of hydrogen-bond acceptors (Lipinski definition) is 3. The van der Waals surface area contributed by atoms with Gasteiger partial charge in [-0.1, -0.05) is 12.8 Å². The van der Waals surface area contributed by atoms with Crippen LogP contribution in [0.25, 0.3) is 0 Å². The normalized spacial score (nSPS) is 35.9. The molecule has 3 heterocycles. The standard InChI is InChI=1S/C14H27N3O2S/c1-14(2)13-10-15-9-12(13)11-17(14)20(18,19)16-7-5-3-4-6-8-16/h12-13,15H,3-11H2,1-2H3. The number of nitrogens with one attached hydrogen (secondary N) is 1. The third-order valence-electron chi connectivity index (χ3n) is 5.46. The van der Waals surface area contributed by atoms with Gasteiger partial charge in [0.2, 0.25) is 0 Å². The molecule has 0 aromatic heterocycles. The SMILES string of the molecule is CC1(C)C2CNCC2CN1S(=O)(=O)N1CCCCCC1. The Balaban J connectivity index is 1.84. The van der Waals surface area contributed by atoms with E-state index in [-0.39, 0.29) is 5.54 Å². The highest BCUT2D eigenvalue weighted by Crippen LogP contribution is 2.42. The summed E-state index contributed by atoms with van der Waals surface area (Å²) in [7, 11) is -3.30. The second kappa shape index (κ2) is 5.23. The molecule has 2 atom stereocenters. The second-order valence-corrected chi connectivity index (χ2v) is 8.88. The fourth-order valence-electron chi connectivity index (χ4n) is 4.19. The lowest BCUT2D eigenvalue weighted by molar-refractivity contribution is 0.217. The molecule has 0 spiro atoms. The molecule has 6 heteroatoms. The zero-order valence-electron chi connectivity index (χ0n) is 12.6. The van der Waals surface area contributed by atoms with Crippen LogP contribution in [0.5, 0.6) is 0 Å². The number of nitrogens with zero attached hydrogens (tertiary/aromatic N) is 2. The summed E-state index contributed by atoms with van der Waals surface area (Å²) in [5, 5.41) is 3.41. The summed E-state index contributed by atoms with van der Waals surface area (Å²) < 4.78 is 29.6. The Bertz CT molecular complexity index is 455. The minimum Gasteiger partial charge on any atom is -0.316 e. The van der Waals surface area contributed by atoms with Gasteiger partial charge >= 0.3 is 0 Å². The molecule has 0 aliphatic carbocycles. The van der Waals surface area contributed by atoms with Crippen molar-refractivity contribution in [2.75, 3.05) is 32.7 Å². The maximum absolute atomic E-state index is 13.0. The van der Waals surface area contributed by atoms with E-state index in [2.05, 4.69) is 19.2 Å². The quantitative estimate of drug-likeness (QED) is 0.829. The topological polar surface area (TPSA) is 52.7 Å². The third kappa shape index (κ3) is 2.30. The smallest absolute Gasteiger partial charge is 0.282 e. The summed E-state index contributed by atoms with van der Waals surface area (Å²) in [6.45, 7) is 8.18. The van der Waals surface area contributed by atoms with Crippen LogP contribution in [0.1, 0.15) is 39.5 Å². The first-order chi connectivity index (χ1) is 9.44. The van der Waals surface area contributed by atoms with Crippen molar-refractivity contribution in [3.63, 3.8) is 0 Å². The first kappa shape index (κ1) is 14.8. The van der Waals surface area contributed by atoms with Gasteiger partial charge in [-0.05, 0) is 45.1 Å². The second-order valence-electron chi connectivity index (χ2n) is 7.03. The molecule has 0 saturated carbocycles. The largest absolute Gasteiger partial charge is 0.316 e. The minimum absolute atomic E-state index is 0.265. The molecule has 1 N–H and O–H groups in total. The number of rotatable bonds is 2. The minimum atomic E-state index is -3.30. The fraction of sp³-hybridized carbons (Fsp3) is 1.00. The van der Waals surface area contributed by atoms with Gasteiger partial charge < -0.3 is 5.32 Å². The van der Waals surface area contributed by atoms with Gasteiger partial charge in [0.25, 0.3) is 10.2 Å². The van der Waals surface area contributed by atoms with Crippen molar-refractivity contribution >= 4 is 10.2 Å². The highest BCUT2D eigenvalue weighted by molar-refractivity contribution is 7.86. The molecule has 2 unspecified atom stereocenters. The van der Waals surface area contributed by atoms with E-state index >= 15 is 0 Å². The van der Waals surface area contributed by atoms with E-state index in [1.165, 1.54) is 0 Å². The molecule has 0 radical (unpaired) electrons. The molecule has 3 rings (SSSR count). The van der Waals surface area contributed by atoms with Crippen molar-refractivity contribution in [1.82, 2.24) is 13.9 Å². The molecule has 116 valence electrons. The molecule has 0 aromatic carbocycles. The Labute approximate surface area is 122 Å². The van der Waals surface area contributed by atoms with Gasteiger partial charge in [0.05, 0.1) is 0 Å². The van der Waals surface area contributed by atoms with Crippen molar-refractivity contribution in [3.8, 4) is 0 Å². The molecule has 3 fully saturated rings. The summed E-state index contributed by atoms with van der Waals surface area (Å²) in [5.41, 5.74) is -0.265. The van der Waals surface area contributed by atoms with E-state index in [4.69, 9.17) is 0 Å². The summed E-state index contributed by atoms with van der Waals surface area (Å²) in [5.74, 6) is 0.927. The Kier molecular flexibility index (Phi) is 3.86. The summed E-state index contributed by atoms with van der Waals surface area (Å²) >= 11 is 0. The maximum atomic E-state index is 13.0. The lowest BCUT2D eigenvalue weighted by Crippen LogP contribution is -2.53. The van der Waals surface area contributed by atoms with Crippen LogP contribution in [0.2, 0.25) is 0 Å². The lowest BCUT2D eigenvalue weighted by atomic mass is 9.85. The molecule has 5 nitrogen and oxygen atoms in total. The van der Waals surface area contributed by atoms with Gasteiger partial charge in [0.1, 0.15) is 0 Å². The van der Waals surface area contributed by atoms with E-state index in [1.54, 1.807) is 8.61 Å². The molecule has 3 aliphatic heterocycles. The van der Waals surface area contributed by atoms with Crippen molar-refractivity contribution in [1.29, 1.82) is 0 Å². The molecular formula is C14H27N3O2S. The van der Waals surface area contributed by atoms with Gasteiger partial charge in [0.15, 0.2) is 0 Å². The van der Waals surface area contributed by atoms with Crippen LogP contribution in [0.4, 0.5) is 0 Å².